The smallest absolute Gasteiger partial charge is 0.230 e. The number of piperidine rings is 1. The van der Waals surface area contributed by atoms with E-state index in [0.717, 1.165) is 57.0 Å². The highest BCUT2D eigenvalue weighted by atomic mass is 16.2. The summed E-state index contributed by atoms with van der Waals surface area (Å²) in [6, 6.07) is 7.49. The molecule has 0 saturated carbocycles. The fourth-order valence-corrected chi connectivity index (χ4v) is 2.98. The fraction of sp³-hybridized carbons (Fsp3) is 0.556. The Morgan fingerprint density at radius 3 is 2.43 bits per heavy atom. The average molecular weight is 287 g/mol. The first-order valence-electron chi connectivity index (χ1n) is 8.10. The number of carbonyl (C=O) groups excluding carboxylic acids is 2. The van der Waals surface area contributed by atoms with Gasteiger partial charge in [-0.25, -0.2) is 0 Å². The maximum atomic E-state index is 12.8. The second kappa shape index (κ2) is 7.96. The van der Waals surface area contributed by atoms with Gasteiger partial charge in [-0.05, 0) is 31.2 Å². The van der Waals surface area contributed by atoms with Gasteiger partial charge in [0.15, 0.2) is 0 Å². The molecule has 1 unspecified atom stereocenters. The van der Waals surface area contributed by atoms with Gasteiger partial charge in [0.05, 0.1) is 5.92 Å². The van der Waals surface area contributed by atoms with Gasteiger partial charge in [0.1, 0.15) is 6.29 Å². The van der Waals surface area contributed by atoms with Crippen LogP contribution in [-0.4, -0.2) is 30.2 Å². The topological polar surface area (TPSA) is 37.4 Å². The van der Waals surface area contributed by atoms with E-state index in [4.69, 9.17) is 0 Å². The van der Waals surface area contributed by atoms with Gasteiger partial charge < -0.3 is 4.90 Å². The van der Waals surface area contributed by atoms with Crippen LogP contribution in [0.15, 0.2) is 24.3 Å². The first kappa shape index (κ1) is 15.7. The number of unbranched alkanes of at least 4 members (excludes halogenated alkanes) is 1. The molecular formula is C18H25NO2. The lowest BCUT2D eigenvalue weighted by Gasteiger charge is -2.30. The van der Waals surface area contributed by atoms with Crippen molar-refractivity contribution in [2.45, 2.75) is 51.4 Å². The van der Waals surface area contributed by atoms with Crippen LogP contribution in [0.4, 0.5) is 0 Å². The van der Waals surface area contributed by atoms with Crippen LogP contribution < -0.4 is 0 Å². The number of hydrogen-bond acceptors (Lipinski definition) is 2. The molecule has 1 saturated heterocycles. The molecule has 1 atom stereocenters. The van der Waals surface area contributed by atoms with Gasteiger partial charge in [-0.15, -0.1) is 0 Å². The molecule has 1 amide bonds. The highest BCUT2D eigenvalue weighted by molar-refractivity contribution is 5.84. The second-order valence-corrected chi connectivity index (χ2v) is 5.87. The molecule has 0 radical (unpaired) electrons. The lowest BCUT2D eigenvalue weighted by Crippen LogP contribution is -2.38. The molecular weight excluding hydrogens is 262 g/mol. The highest BCUT2D eigenvalue weighted by Gasteiger charge is 2.26. The van der Waals surface area contributed by atoms with Crippen LogP contribution in [0, 0.1) is 0 Å². The van der Waals surface area contributed by atoms with Crippen molar-refractivity contribution < 1.29 is 9.59 Å². The Bertz CT molecular complexity index is 461. The number of carbonyl (C=O) groups is 2. The number of likely N-dealkylation sites (tertiary alicyclic amines) is 1. The summed E-state index contributed by atoms with van der Waals surface area (Å²) in [4.78, 5) is 25.6. The summed E-state index contributed by atoms with van der Waals surface area (Å²) in [5.41, 5.74) is 1.71. The molecule has 1 fully saturated rings. The number of benzene rings is 1. The van der Waals surface area contributed by atoms with Crippen LogP contribution >= 0.6 is 0 Å². The van der Waals surface area contributed by atoms with E-state index < -0.39 is 0 Å². The summed E-state index contributed by atoms with van der Waals surface area (Å²) < 4.78 is 0. The predicted molar refractivity (Wildman–Crippen MR) is 84.5 cm³/mol. The quantitative estimate of drug-likeness (QED) is 0.747. The number of hydrogen-bond donors (Lipinski definition) is 0. The minimum Gasteiger partial charge on any atom is -0.342 e. The Labute approximate surface area is 127 Å². The van der Waals surface area contributed by atoms with E-state index in [9.17, 15) is 9.59 Å². The van der Waals surface area contributed by atoms with Crippen molar-refractivity contribution in [1.82, 2.24) is 4.90 Å². The van der Waals surface area contributed by atoms with Gasteiger partial charge >= 0.3 is 0 Å². The molecule has 0 spiro atoms. The van der Waals surface area contributed by atoms with Gasteiger partial charge in [-0.3, -0.25) is 9.59 Å². The van der Waals surface area contributed by atoms with Crippen molar-refractivity contribution in [3.05, 3.63) is 35.4 Å². The molecule has 0 aliphatic carbocycles. The predicted octanol–water partition coefficient (Wildman–Crippen LogP) is 3.79. The van der Waals surface area contributed by atoms with Crippen LogP contribution in [0.1, 0.15) is 67.3 Å². The fourth-order valence-electron chi connectivity index (χ4n) is 2.98. The molecule has 3 heteroatoms. The first-order chi connectivity index (χ1) is 10.3. The molecule has 114 valence electrons. The standard InChI is InChI=1S/C18H25NO2/c1-2-3-7-17(16-10-8-15(14-20)9-11-16)18(21)19-12-5-4-6-13-19/h8-11,14,17H,2-7,12-13H2,1H3. The van der Waals surface area contributed by atoms with Crippen molar-refractivity contribution in [1.29, 1.82) is 0 Å². The molecule has 0 N–H and O–H groups in total. The average Bonchev–Trinajstić information content (AvgIpc) is 2.56. The van der Waals surface area contributed by atoms with Gasteiger partial charge in [0, 0.05) is 18.7 Å². The summed E-state index contributed by atoms with van der Waals surface area (Å²) in [5, 5.41) is 0. The zero-order valence-electron chi connectivity index (χ0n) is 12.9. The lowest BCUT2D eigenvalue weighted by atomic mass is 9.91. The normalized spacial score (nSPS) is 16.5. The zero-order valence-corrected chi connectivity index (χ0v) is 12.9. The minimum atomic E-state index is -0.0521. The Morgan fingerprint density at radius 1 is 1.19 bits per heavy atom. The summed E-state index contributed by atoms with van der Waals surface area (Å²) in [7, 11) is 0. The molecule has 21 heavy (non-hydrogen) atoms. The second-order valence-electron chi connectivity index (χ2n) is 5.87. The summed E-state index contributed by atoms with van der Waals surface area (Å²) in [5.74, 6) is 0.214. The number of rotatable bonds is 6. The molecule has 1 aliphatic heterocycles. The molecule has 1 aromatic rings. The summed E-state index contributed by atoms with van der Waals surface area (Å²) in [6.07, 6.45) is 7.36. The third-order valence-corrected chi connectivity index (χ3v) is 4.29. The van der Waals surface area contributed by atoms with Crippen molar-refractivity contribution in [3.63, 3.8) is 0 Å². The van der Waals surface area contributed by atoms with E-state index in [1.807, 2.05) is 29.2 Å². The molecule has 1 aliphatic rings. The van der Waals surface area contributed by atoms with Crippen LogP contribution in [0.3, 0.4) is 0 Å². The maximum Gasteiger partial charge on any atom is 0.230 e. The van der Waals surface area contributed by atoms with E-state index in [2.05, 4.69) is 6.92 Å². The van der Waals surface area contributed by atoms with Crippen molar-refractivity contribution in [2.75, 3.05) is 13.1 Å². The Hall–Kier alpha value is -1.64. The van der Waals surface area contributed by atoms with Gasteiger partial charge in [-0.1, -0.05) is 44.0 Å². The third kappa shape index (κ3) is 4.16. The van der Waals surface area contributed by atoms with Gasteiger partial charge in [0.2, 0.25) is 5.91 Å². The largest absolute Gasteiger partial charge is 0.342 e. The third-order valence-electron chi connectivity index (χ3n) is 4.29. The monoisotopic (exact) mass is 287 g/mol. The van der Waals surface area contributed by atoms with E-state index >= 15 is 0 Å². The van der Waals surface area contributed by atoms with Gasteiger partial charge in [-0.2, -0.15) is 0 Å². The SMILES string of the molecule is CCCCC(C(=O)N1CCCCC1)c1ccc(C=O)cc1. The van der Waals surface area contributed by atoms with Crippen LogP contribution in [0.2, 0.25) is 0 Å². The van der Waals surface area contributed by atoms with Crippen LogP contribution in [0.25, 0.3) is 0 Å². The molecule has 0 aromatic heterocycles. The zero-order chi connectivity index (χ0) is 15.1. The molecule has 1 aromatic carbocycles. The summed E-state index contributed by atoms with van der Waals surface area (Å²) in [6.45, 7) is 3.94. The Balaban J connectivity index is 2.15. The van der Waals surface area contributed by atoms with Crippen LogP contribution in [0.5, 0.6) is 0 Å². The van der Waals surface area contributed by atoms with Crippen molar-refractivity contribution >= 4 is 12.2 Å². The van der Waals surface area contributed by atoms with Crippen molar-refractivity contribution in [2.24, 2.45) is 0 Å². The van der Waals surface area contributed by atoms with E-state index in [1.54, 1.807) is 0 Å². The molecule has 1 heterocycles. The van der Waals surface area contributed by atoms with Crippen LogP contribution in [-0.2, 0) is 4.79 Å². The van der Waals surface area contributed by atoms with E-state index in [0.29, 0.717) is 5.56 Å². The summed E-state index contributed by atoms with van der Waals surface area (Å²) >= 11 is 0. The van der Waals surface area contributed by atoms with E-state index in [-0.39, 0.29) is 11.8 Å². The lowest BCUT2D eigenvalue weighted by molar-refractivity contribution is -0.133. The number of nitrogens with zero attached hydrogens (tertiary/aromatic N) is 1. The minimum absolute atomic E-state index is 0.0521. The molecule has 2 rings (SSSR count). The first-order valence-corrected chi connectivity index (χ1v) is 8.10. The molecule has 0 bridgehead atoms. The van der Waals surface area contributed by atoms with E-state index in [1.165, 1.54) is 6.42 Å². The highest BCUT2D eigenvalue weighted by Crippen LogP contribution is 2.26. The van der Waals surface area contributed by atoms with Gasteiger partial charge in [0.25, 0.3) is 0 Å². The number of aldehydes is 1. The Morgan fingerprint density at radius 2 is 1.86 bits per heavy atom. The maximum absolute atomic E-state index is 12.8. The Kier molecular flexibility index (Phi) is 5.97. The molecule has 3 nitrogen and oxygen atoms in total. The number of amides is 1. The van der Waals surface area contributed by atoms with Crippen molar-refractivity contribution in [3.8, 4) is 0 Å².